The summed E-state index contributed by atoms with van der Waals surface area (Å²) in [5, 5.41) is 3.33. The van der Waals surface area contributed by atoms with Crippen LogP contribution in [0, 0.1) is 12.8 Å². The van der Waals surface area contributed by atoms with Gasteiger partial charge in [-0.05, 0) is 61.9 Å². The first kappa shape index (κ1) is 20.7. The van der Waals surface area contributed by atoms with Gasteiger partial charge in [-0.15, -0.1) is 0 Å². The van der Waals surface area contributed by atoms with Crippen molar-refractivity contribution in [2.45, 2.75) is 32.2 Å². The minimum Gasteiger partial charge on any atom is -0.497 e. The summed E-state index contributed by atoms with van der Waals surface area (Å²) in [6.45, 7) is 6.38. The third-order valence-corrected chi connectivity index (χ3v) is 6.24. The number of carbonyl (C=O) groups is 1. The van der Waals surface area contributed by atoms with Gasteiger partial charge in [0.15, 0.2) is 0 Å². The second-order valence-electron chi connectivity index (χ2n) is 8.61. The number of aryl methyl sites for hydroxylation is 1. The molecular formula is C25H33N3O2. The van der Waals surface area contributed by atoms with Crippen LogP contribution in [-0.4, -0.2) is 50.6 Å². The van der Waals surface area contributed by atoms with Gasteiger partial charge in [-0.25, -0.2) is 0 Å². The molecule has 160 valence electrons. The van der Waals surface area contributed by atoms with Crippen molar-refractivity contribution < 1.29 is 9.53 Å². The van der Waals surface area contributed by atoms with Crippen LogP contribution in [0.4, 0.5) is 5.69 Å². The van der Waals surface area contributed by atoms with E-state index in [0.717, 1.165) is 38.3 Å². The van der Waals surface area contributed by atoms with Gasteiger partial charge in [0.2, 0.25) is 5.91 Å². The second kappa shape index (κ2) is 9.52. The van der Waals surface area contributed by atoms with Crippen LogP contribution in [0.15, 0.2) is 48.5 Å². The van der Waals surface area contributed by atoms with Crippen LogP contribution in [0.1, 0.15) is 36.4 Å². The monoisotopic (exact) mass is 407 g/mol. The summed E-state index contributed by atoms with van der Waals surface area (Å²) in [5.41, 5.74) is 3.71. The first-order chi connectivity index (χ1) is 14.6. The average molecular weight is 408 g/mol. The molecule has 1 saturated heterocycles. The predicted molar refractivity (Wildman–Crippen MR) is 121 cm³/mol. The molecule has 4 rings (SSSR count). The highest BCUT2D eigenvalue weighted by molar-refractivity contribution is 5.78. The van der Waals surface area contributed by atoms with Crippen molar-refractivity contribution in [1.29, 1.82) is 0 Å². The van der Waals surface area contributed by atoms with Crippen LogP contribution in [0.25, 0.3) is 0 Å². The average Bonchev–Trinajstić information content (AvgIpc) is 3.61. The molecule has 30 heavy (non-hydrogen) atoms. The third-order valence-electron chi connectivity index (χ3n) is 6.24. The molecule has 1 amide bonds. The van der Waals surface area contributed by atoms with Gasteiger partial charge in [0.05, 0.1) is 19.7 Å². The number of benzene rings is 2. The van der Waals surface area contributed by atoms with Gasteiger partial charge in [-0.1, -0.05) is 29.8 Å². The van der Waals surface area contributed by atoms with Gasteiger partial charge < -0.3 is 15.0 Å². The summed E-state index contributed by atoms with van der Waals surface area (Å²) in [6.07, 6.45) is 3.47. The maximum Gasteiger partial charge on any atom is 0.234 e. The number of ether oxygens (including phenoxy) is 1. The fourth-order valence-electron chi connectivity index (χ4n) is 4.28. The molecule has 0 radical (unpaired) electrons. The minimum atomic E-state index is 0.144. The van der Waals surface area contributed by atoms with Gasteiger partial charge in [-0.2, -0.15) is 0 Å². The Labute approximate surface area is 180 Å². The number of nitrogens with one attached hydrogen (secondary N) is 1. The maximum atomic E-state index is 12.8. The molecule has 1 saturated carbocycles. The zero-order chi connectivity index (χ0) is 20.9. The van der Waals surface area contributed by atoms with Gasteiger partial charge in [0.25, 0.3) is 0 Å². The molecule has 5 heteroatoms. The zero-order valence-electron chi connectivity index (χ0n) is 18.1. The lowest BCUT2D eigenvalue weighted by Crippen LogP contribution is -2.41. The molecule has 2 aromatic carbocycles. The second-order valence-corrected chi connectivity index (χ2v) is 8.61. The Morgan fingerprint density at radius 2 is 1.77 bits per heavy atom. The highest BCUT2D eigenvalue weighted by Crippen LogP contribution is 2.41. The number of amides is 1. The van der Waals surface area contributed by atoms with Gasteiger partial charge in [0, 0.05) is 31.9 Å². The normalized spacial score (nSPS) is 18.5. The summed E-state index contributed by atoms with van der Waals surface area (Å²) in [7, 11) is 1.69. The third kappa shape index (κ3) is 5.33. The van der Waals surface area contributed by atoms with Crippen LogP contribution in [0.2, 0.25) is 0 Å². The molecule has 2 aliphatic rings. The standard InChI is InChI=1S/C25H33N3O2/c1-19-4-6-20(7-5-19)25(21-8-9-21)26-24(29)18-27-14-3-15-28(17-16-27)22-10-12-23(30-2)13-11-22/h4-7,10-13,21,25H,3,8-9,14-18H2,1-2H3,(H,26,29). The maximum absolute atomic E-state index is 12.8. The number of rotatable bonds is 7. The minimum absolute atomic E-state index is 0.144. The van der Waals surface area contributed by atoms with Crippen molar-refractivity contribution in [3.8, 4) is 5.75 Å². The number of hydrogen-bond donors (Lipinski definition) is 1. The molecular weight excluding hydrogens is 374 g/mol. The lowest BCUT2D eigenvalue weighted by Gasteiger charge is -2.25. The highest BCUT2D eigenvalue weighted by Gasteiger charge is 2.33. The Hall–Kier alpha value is -2.53. The molecule has 1 atom stereocenters. The van der Waals surface area contributed by atoms with E-state index in [1.165, 1.54) is 29.7 Å². The van der Waals surface area contributed by atoms with E-state index in [2.05, 4.69) is 58.4 Å². The van der Waals surface area contributed by atoms with Gasteiger partial charge in [0.1, 0.15) is 5.75 Å². The van der Waals surface area contributed by atoms with E-state index in [0.29, 0.717) is 12.5 Å². The molecule has 5 nitrogen and oxygen atoms in total. The van der Waals surface area contributed by atoms with Crippen LogP contribution in [-0.2, 0) is 4.79 Å². The van der Waals surface area contributed by atoms with Crippen molar-refractivity contribution in [2.75, 3.05) is 44.7 Å². The molecule has 2 fully saturated rings. The van der Waals surface area contributed by atoms with Crippen molar-refractivity contribution in [2.24, 2.45) is 5.92 Å². The highest BCUT2D eigenvalue weighted by atomic mass is 16.5. The Balaban J connectivity index is 1.31. The Morgan fingerprint density at radius 1 is 1.03 bits per heavy atom. The van der Waals surface area contributed by atoms with E-state index in [-0.39, 0.29) is 11.9 Å². The van der Waals surface area contributed by atoms with E-state index < -0.39 is 0 Å². The predicted octanol–water partition coefficient (Wildman–Crippen LogP) is 3.78. The fourth-order valence-corrected chi connectivity index (χ4v) is 4.28. The Bertz CT molecular complexity index is 830. The van der Waals surface area contributed by atoms with Crippen molar-refractivity contribution in [3.63, 3.8) is 0 Å². The summed E-state index contributed by atoms with van der Waals surface area (Å²) in [5.74, 6) is 1.61. The molecule has 2 aromatic rings. The first-order valence-corrected chi connectivity index (χ1v) is 11.1. The van der Waals surface area contributed by atoms with Crippen molar-refractivity contribution >= 4 is 11.6 Å². The number of carbonyl (C=O) groups excluding carboxylic acids is 1. The van der Waals surface area contributed by atoms with E-state index >= 15 is 0 Å². The molecule has 0 spiro atoms. The van der Waals surface area contributed by atoms with Crippen molar-refractivity contribution in [1.82, 2.24) is 10.2 Å². The fraction of sp³-hybridized carbons (Fsp3) is 0.480. The topological polar surface area (TPSA) is 44.8 Å². The van der Waals surface area contributed by atoms with Gasteiger partial charge in [-0.3, -0.25) is 9.69 Å². The molecule has 1 heterocycles. The molecule has 0 aromatic heterocycles. The van der Waals surface area contributed by atoms with E-state index in [1.54, 1.807) is 7.11 Å². The Kier molecular flexibility index (Phi) is 6.58. The number of nitrogens with zero attached hydrogens (tertiary/aromatic N) is 2. The lowest BCUT2D eigenvalue weighted by atomic mass is 10.0. The smallest absolute Gasteiger partial charge is 0.234 e. The van der Waals surface area contributed by atoms with Crippen LogP contribution in [0.3, 0.4) is 0 Å². The first-order valence-electron chi connectivity index (χ1n) is 11.1. The Morgan fingerprint density at radius 3 is 2.43 bits per heavy atom. The summed E-state index contributed by atoms with van der Waals surface area (Å²) < 4.78 is 5.26. The summed E-state index contributed by atoms with van der Waals surface area (Å²) in [4.78, 5) is 17.5. The quantitative estimate of drug-likeness (QED) is 0.759. The number of hydrogen-bond acceptors (Lipinski definition) is 4. The molecule has 1 aliphatic carbocycles. The van der Waals surface area contributed by atoms with Crippen LogP contribution < -0.4 is 15.0 Å². The largest absolute Gasteiger partial charge is 0.497 e. The van der Waals surface area contributed by atoms with E-state index in [1.807, 2.05) is 12.1 Å². The van der Waals surface area contributed by atoms with Crippen LogP contribution >= 0.6 is 0 Å². The number of anilines is 1. The van der Waals surface area contributed by atoms with E-state index in [4.69, 9.17) is 4.74 Å². The lowest BCUT2D eigenvalue weighted by molar-refractivity contribution is -0.123. The zero-order valence-corrected chi connectivity index (χ0v) is 18.1. The molecule has 1 N–H and O–H groups in total. The van der Waals surface area contributed by atoms with Gasteiger partial charge >= 0.3 is 0 Å². The molecule has 0 bridgehead atoms. The van der Waals surface area contributed by atoms with Crippen LogP contribution in [0.5, 0.6) is 5.75 Å². The van der Waals surface area contributed by atoms with Crippen molar-refractivity contribution in [3.05, 3.63) is 59.7 Å². The summed E-state index contributed by atoms with van der Waals surface area (Å²) >= 11 is 0. The number of methoxy groups -OCH3 is 1. The molecule has 1 aliphatic heterocycles. The SMILES string of the molecule is COc1ccc(N2CCCN(CC(=O)NC(c3ccc(C)cc3)C3CC3)CC2)cc1. The summed E-state index contributed by atoms with van der Waals surface area (Å²) in [6, 6.07) is 17.0. The molecule has 1 unspecified atom stereocenters. The van der Waals surface area contributed by atoms with E-state index in [9.17, 15) is 4.79 Å².